The highest BCUT2D eigenvalue weighted by molar-refractivity contribution is 5.85. The number of nitrogens with zero attached hydrogens (tertiary/aromatic N) is 2. The molecule has 0 aromatic heterocycles. The fraction of sp³-hybridized carbons (Fsp3) is 0.923. The minimum Gasteiger partial charge on any atom is -0.339 e. The Morgan fingerprint density at radius 1 is 0.947 bits per heavy atom. The van der Waals surface area contributed by atoms with E-state index in [-0.39, 0.29) is 30.9 Å². The number of rotatable bonds is 2. The van der Waals surface area contributed by atoms with Crippen molar-refractivity contribution in [1.29, 1.82) is 0 Å². The summed E-state index contributed by atoms with van der Waals surface area (Å²) in [5.41, 5.74) is 0. The van der Waals surface area contributed by atoms with Crippen molar-refractivity contribution in [3.63, 3.8) is 0 Å². The summed E-state index contributed by atoms with van der Waals surface area (Å²) < 4.78 is 0. The number of nitrogens with one attached hydrogen (secondary N) is 1. The van der Waals surface area contributed by atoms with Crippen LogP contribution in [-0.4, -0.2) is 60.5 Å². The molecule has 0 bridgehead atoms. The number of piperazine rings is 1. The van der Waals surface area contributed by atoms with Gasteiger partial charge in [0.2, 0.25) is 5.91 Å². The van der Waals surface area contributed by atoms with Crippen LogP contribution in [0.3, 0.4) is 0 Å². The van der Waals surface area contributed by atoms with E-state index in [1.165, 1.54) is 25.7 Å². The average molecular weight is 310 g/mol. The van der Waals surface area contributed by atoms with E-state index in [9.17, 15) is 4.79 Å². The quantitative estimate of drug-likeness (QED) is 0.834. The molecule has 0 unspecified atom stereocenters. The lowest BCUT2D eigenvalue weighted by Crippen LogP contribution is -2.55. The Hall–Kier alpha value is -0.0300. The van der Waals surface area contributed by atoms with Gasteiger partial charge in [0, 0.05) is 32.2 Å². The first-order valence-corrected chi connectivity index (χ1v) is 7.11. The molecule has 3 rings (SSSR count). The maximum atomic E-state index is 12.3. The van der Waals surface area contributed by atoms with E-state index in [0.717, 1.165) is 45.2 Å². The van der Waals surface area contributed by atoms with Crippen molar-refractivity contribution in [2.45, 2.75) is 44.2 Å². The van der Waals surface area contributed by atoms with Crippen molar-refractivity contribution in [3.8, 4) is 0 Å². The summed E-state index contributed by atoms with van der Waals surface area (Å²) in [6, 6.07) is 0.955. The van der Waals surface area contributed by atoms with Gasteiger partial charge in [-0.05, 0) is 32.2 Å². The smallest absolute Gasteiger partial charge is 0.239 e. The van der Waals surface area contributed by atoms with Crippen LogP contribution in [-0.2, 0) is 4.79 Å². The summed E-state index contributed by atoms with van der Waals surface area (Å²) in [7, 11) is 0. The molecule has 1 saturated carbocycles. The molecule has 112 valence electrons. The zero-order chi connectivity index (χ0) is 11.7. The maximum Gasteiger partial charge on any atom is 0.239 e. The van der Waals surface area contributed by atoms with Gasteiger partial charge in [-0.2, -0.15) is 0 Å². The lowest BCUT2D eigenvalue weighted by Gasteiger charge is -2.37. The van der Waals surface area contributed by atoms with Crippen molar-refractivity contribution in [1.82, 2.24) is 15.1 Å². The van der Waals surface area contributed by atoms with Gasteiger partial charge in [0.1, 0.15) is 0 Å². The van der Waals surface area contributed by atoms with Crippen molar-refractivity contribution in [2.24, 2.45) is 0 Å². The van der Waals surface area contributed by atoms with E-state index < -0.39 is 0 Å². The molecule has 1 N–H and O–H groups in total. The van der Waals surface area contributed by atoms with E-state index in [1.807, 2.05) is 0 Å². The van der Waals surface area contributed by atoms with Crippen LogP contribution >= 0.6 is 24.8 Å². The molecular weight excluding hydrogens is 285 g/mol. The van der Waals surface area contributed by atoms with Gasteiger partial charge < -0.3 is 10.2 Å². The molecule has 0 aromatic carbocycles. The van der Waals surface area contributed by atoms with Gasteiger partial charge in [-0.1, -0.05) is 6.42 Å². The third-order valence-corrected chi connectivity index (χ3v) is 4.30. The third kappa shape index (κ3) is 4.22. The molecule has 0 radical (unpaired) electrons. The van der Waals surface area contributed by atoms with E-state index >= 15 is 0 Å². The summed E-state index contributed by atoms with van der Waals surface area (Å²) in [6.07, 6.45) is 6.20. The SMILES string of the molecule is Cl.Cl.O=C([C@@H]1CCCCN1)N1CCN(C2CC2)CC1. The average Bonchev–Trinajstić information content (AvgIpc) is 3.24. The number of halogens is 2. The van der Waals surface area contributed by atoms with Crippen molar-refractivity contribution in [2.75, 3.05) is 32.7 Å². The number of carbonyl (C=O) groups is 1. The molecule has 0 spiro atoms. The Morgan fingerprint density at radius 2 is 1.63 bits per heavy atom. The van der Waals surface area contributed by atoms with E-state index in [0.29, 0.717) is 5.91 Å². The summed E-state index contributed by atoms with van der Waals surface area (Å²) in [5.74, 6) is 0.347. The highest BCUT2D eigenvalue weighted by Gasteiger charge is 2.33. The van der Waals surface area contributed by atoms with E-state index in [4.69, 9.17) is 0 Å². The normalized spacial score (nSPS) is 28.2. The molecule has 0 aromatic rings. The van der Waals surface area contributed by atoms with Gasteiger partial charge in [0.15, 0.2) is 0 Å². The number of piperidine rings is 1. The number of carbonyl (C=O) groups excluding carboxylic acids is 1. The molecule has 1 atom stereocenters. The highest BCUT2D eigenvalue weighted by Crippen LogP contribution is 2.27. The molecule has 6 heteroatoms. The summed E-state index contributed by atoms with van der Waals surface area (Å²) in [4.78, 5) is 16.9. The first-order chi connectivity index (χ1) is 8.34. The molecule has 19 heavy (non-hydrogen) atoms. The standard InChI is InChI=1S/C13H23N3O.2ClH/c17-13(12-3-1-2-6-14-12)16-9-7-15(8-10-16)11-4-5-11;;/h11-12,14H,1-10H2;2*1H/t12-;;/m0../s1. The van der Waals surface area contributed by atoms with Gasteiger partial charge in [0.25, 0.3) is 0 Å². The molecule has 3 fully saturated rings. The van der Waals surface area contributed by atoms with Gasteiger partial charge in [-0.3, -0.25) is 9.69 Å². The largest absolute Gasteiger partial charge is 0.339 e. The Balaban J connectivity index is 0.000000902. The summed E-state index contributed by atoms with van der Waals surface area (Å²) in [5, 5.41) is 3.36. The van der Waals surface area contributed by atoms with Crippen LogP contribution in [0.25, 0.3) is 0 Å². The Morgan fingerprint density at radius 3 is 2.16 bits per heavy atom. The molecule has 1 aliphatic carbocycles. The molecule has 2 saturated heterocycles. The van der Waals surface area contributed by atoms with Gasteiger partial charge in [0.05, 0.1) is 6.04 Å². The zero-order valence-corrected chi connectivity index (χ0v) is 13.0. The van der Waals surface area contributed by atoms with Crippen LogP contribution in [0.5, 0.6) is 0 Å². The molecular formula is C13H25Cl2N3O. The van der Waals surface area contributed by atoms with Crippen LogP contribution in [0.1, 0.15) is 32.1 Å². The predicted molar refractivity (Wildman–Crippen MR) is 81.3 cm³/mol. The Labute approximate surface area is 128 Å². The van der Waals surface area contributed by atoms with Gasteiger partial charge >= 0.3 is 0 Å². The fourth-order valence-corrected chi connectivity index (χ4v) is 3.03. The van der Waals surface area contributed by atoms with Crippen LogP contribution in [0.15, 0.2) is 0 Å². The second-order valence-electron chi connectivity index (χ2n) is 5.59. The van der Waals surface area contributed by atoms with Crippen molar-refractivity contribution < 1.29 is 4.79 Å². The topological polar surface area (TPSA) is 35.6 Å². The van der Waals surface area contributed by atoms with Gasteiger partial charge in [-0.25, -0.2) is 0 Å². The predicted octanol–water partition coefficient (Wildman–Crippen LogP) is 1.28. The van der Waals surface area contributed by atoms with Gasteiger partial charge in [-0.15, -0.1) is 24.8 Å². The second kappa shape index (κ2) is 7.67. The Bertz CT molecular complexity index is 286. The number of hydrogen-bond donors (Lipinski definition) is 1. The second-order valence-corrected chi connectivity index (χ2v) is 5.59. The maximum absolute atomic E-state index is 12.3. The fourth-order valence-electron chi connectivity index (χ4n) is 3.03. The molecule has 4 nitrogen and oxygen atoms in total. The monoisotopic (exact) mass is 309 g/mol. The van der Waals surface area contributed by atoms with Crippen molar-refractivity contribution in [3.05, 3.63) is 0 Å². The highest BCUT2D eigenvalue weighted by atomic mass is 35.5. The molecule has 2 heterocycles. The molecule has 3 aliphatic rings. The first kappa shape index (κ1) is 17.0. The van der Waals surface area contributed by atoms with Crippen molar-refractivity contribution >= 4 is 30.7 Å². The zero-order valence-electron chi connectivity index (χ0n) is 11.3. The first-order valence-electron chi connectivity index (χ1n) is 7.11. The lowest BCUT2D eigenvalue weighted by atomic mass is 10.0. The van der Waals surface area contributed by atoms with Crippen LogP contribution < -0.4 is 5.32 Å². The lowest BCUT2D eigenvalue weighted by molar-refractivity contribution is -0.135. The Kier molecular flexibility index (Phi) is 6.87. The van der Waals surface area contributed by atoms with Crippen LogP contribution in [0.2, 0.25) is 0 Å². The van der Waals surface area contributed by atoms with E-state index in [1.54, 1.807) is 0 Å². The summed E-state index contributed by atoms with van der Waals surface area (Å²) >= 11 is 0. The van der Waals surface area contributed by atoms with Crippen LogP contribution in [0, 0.1) is 0 Å². The van der Waals surface area contributed by atoms with E-state index in [2.05, 4.69) is 15.1 Å². The third-order valence-electron chi connectivity index (χ3n) is 4.30. The summed E-state index contributed by atoms with van der Waals surface area (Å²) in [6.45, 7) is 5.06. The number of hydrogen-bond acceptors (Lipinski definition) is 3. The molecule has 1 amide bonds. The minimum atomic E-state index is 0. The minimum absolute atomic E-state index is 0. The number of amides is 1. The van der Waals surface area contributed by atoms with Crippen LogP contribution in [0.4, 0.5) is 0 Å². The molecule has 2 aliphatic heterocycles.